The standard InChI is InChI=1S/C9H4N2O7/c12-5-1-2-6(13)10(5)17-9(16)18-11-7(14)3-4-8(11)15/h1-4H. The van der Waals surface area contributed by atoms with Crippen molar-refractivity contribution in [2.24, 2.45) is 0 Å². The summed E-state index contributed by atoms with van der Waals surface area (Å²) >= 11 is 0. The number of amides is 4. The van der Waals surface area contributed by atoms with Gasteiger partial charge in [0.1, 0.15) is 0 Å². The first-order chi connectivity index (χ1) is 8.49. The molecule has 4 amide bonds. The highest BCUT2D eigenvalue weighted by Gasteiger charge is 2.33. The third-order valence-electron chi connectivity index (χ3n) is 1.87. The Hall–Kier alpha value is -2.97. The molecule has 0 N–H and O–H groups in total. The molecule has 9 heteroatoms. The molecule has 2 aliphatic rings. The fourth-order valence-corrected chi connectivity index (χ4v) is 1.12. The highest BCUT2D eigenvalue weighted by molar-refractivity contribution is 6.13. The van der Waals surface area contributed by atoms with Crippen molar-refractivity contribution in [2.75, 3.05) is 0 Å². The van der Waals surface area contributed by atoms with Crippen LogP contribution in [0.15, 0.2) is 24.3 Å². The molecule has 0 fully saturated rings. The molecule has 18 heavy (non-hydrogen) atoms. The number of imide groups is 2. The van der Waals surface area contributed by atoms with Crippen molar-refractivity contribution in [3.8, 4) is 0 Å². The number of carbonyl (C=O) groups excluding carboxylic acids is 5. The second-order valence-corrected chi connectivity index (χ2v) is 3.04. The van der Waals surface area contributed by atoms with Gasteiger partial charge >= 0.3 is 6.16 Å². The molecule has 0 bridgehead atoms. The van der Waals surface area contributed by atoms with E-state index in [1.165, 1.54) is 0 Å². The third kappa shape index (κ3) is 1.96. The minimum Gasteiger partial charge on any atom is -0.293 e. The summed E-state index contributed by atoms with van der Waals surface area (Å²) in [6.07, 6.45) is 1.95. The molecule has 2 heterocycles. The summed E-state index contributed by atoms with van der Waals surface area (Å²) in [4.78, 5) is 63.7. The molecule has 0 saturated carbocycles. The van der Waals surface area contributed by atoms with Crippen LogP contribution in [0.5, 0.6) is 0 Å². The molecule has 2 rings (SSSR count). The zero-order chi connectivity index (χ0) is 13.3. The molecule has 0 aromatic heterocycles. The summed E-state index contributed by atoms with van der Waals surface area (Å²) < 4.78 is 0. The molecule has 0 aromatic rings. The van der Waals surface area contributed by atoms with Crippen LogP contribution in [0.2, 0.25) is 0 Å². The van der Waals surface area contributed by atoms with Crippen molar-refractivity contribution in [3.63, 3.8) is 0 Å². The SMILES string of the molecule is O=C(ON1C(=O)C=CC1=O)ON1C(=O)C=CC1=O. The van der Waals surface area contributed by atoms with E-state index >= 15 is 0 Å². The maximum atomic E-state index is 11.1. The van der Waals surface area contributed by atoms with Crippen LogP contribution in [0.3, 0.4) is 0 Å². The Morgan fingerprint density at radius 1 is 0.722 bits per heavy atom. The Morgan fingerprint density at radius 3 is 1.28 bits per heavy atom. The van der Waals surface area contributed by atoms with Crippen LogP contribution in [-0.2, 0) is 28.9 Å². The second-order valence-electron chi connectivity index (χ2n) is 3.04. The van der Waals surface area contributed by atoms with Crippen molar-refractivity contribution >= 4 is 29.8 Å². The normalized spacial score (nSPS) is 18.0. The predicted molar refractivity (Wildman–Crippen MR) is 49.6 cm³/mol. The lowest BCUT2D eigenvalue weighted by atomic mass is 10.6. The van der Waals surface area contributed by atoms with Gasteiger partial charge in [-0.05, 0) is 0 Å². The Balaban J connectivity index is 1.94. The van der Waals surface area contributed by atoms with Crippen LogP contribution in [0.25, 0.3) is 0 Å². The number of hydrogen-bond acceptors (Lipinski definition) is 7. The number of hydrogen-bond donors (Lipinski definition) is 0. The number of carbonyl (C=O) groups is 5. The first kappa shape index (κ1) is 11.5. The fourth-order valence-electron chi connectivity index (χ4n) is 1.12. The molecule has 92 valence electrons. The Morgan fingerprint density at radius 2 is 1.00 bits per heavy atom. The van der Waals surface area contributed by atoms with Crippen molar-refractivity contribution in [1.82, 2.24) is 10.1 Å². The first-order valence-electron chi connectivity index (χ1n) is 4.51. The van der Waals surface area contributed by atoms with E-state index < -0.39 is 29.8 Å². The molecule has 0 radical (unpaired) electrons. The average Bonchev–Trinajstić information content (AvgIpc) is 2.79. The predicted octanol–water partition coefficient (Wildman–Crippen LogP) is -1.18. The van der Waals surface area contributed by atoms with Crippen molar-refractivity contribution in [2.45, 2.75) is 0 Å². The molecule has 0 spiro atoms. The Labute approximate surface area is 98.7 Å². The lowest BCUT2D eigenvalue weighted by Gasteiger charge is -2.15. The molecular weight excluding hydrogens is 248 g/mol. The highest BCUT2D eigenvalue weighted by Crippen LogP contribution is 2.09. The van der Waals surface area contributed by atoms with Gasteiger partial charge < -0.3 is 0 Å². The largest absolute Gasteiger partial charge is 0.560 e. The zero-order valence-corrected chi connectivity index (χ0v) is 8.56. The van der Waals surface area contributed by atoms with Gasteiger partial charge in [0, 0.05) is 24.3 Å². The molecular formula is C9H4N2O7. The minimum absolute atomic E-state index is 0.126. The summed E-state index contributed by atoms with van der Waals surface area (Å²) in [6.45, 7) is 0. The van der Waals surface area contributed by atoms with Gasteiger partial charge in [0.25, 0.3) is 23.6 Å². The van der Waals surface area contributed by atoms with Gasteiger partial charge in [0.05, 0.1) is 0 Å². The summed E-state index contributed by atoms with van der Waals surface area (Å²) in [5, 5.41) is 0.252. The Bertz CT molecular complexity index is 451. The van der Waals surface area contributed by atoms with E-state index in [0.717, 1.165) is 24.3 Å². The van der Waals surface area contributed by atoms with E-state index in [-0.39, 0.29) is 10.1 Å². The van der Waals surface area contributed by atoms with Crippen LogP contribution in [0.4, 0.5) is 4.79 Å². The summed E-state index contributed by atoms with van der Waals surface area (Å²) in [6, 6.07) is 0. The highest BCUT2D eigenvalue weighted by atomic mass is 16.9. The maximum absolute atomic E-state index is 11.1. The van der Waals surface area contributed by atoms with E-state index in [4.69, 9.17) is 0 Å². The van der Waals surface area contributed by atoms with Gasteiger partial charge in [-0.15, -0.1) is 0 Å². The molecule has 0 atom stereocenters. The van der Waals surface area contributed by atoms with Crippen molar-refractivity contribution < 1.29 is 33.6 Å². The smallest absolute Gasteiger partial charge is 0.293 e. The van der Waals surface area contributed by atoms with Crippen molar-refractivity contribution in [3.05, 3.63) is 24.3 Å². The quantitative estimate of drug-likeness (QED) is 0.568. The molecule has 0 aromatic carbocycles. The topological polar surface area (TPSA) is 110 Å². The van der Waals surface area contributed by atoms with Gasteiger partial charge in [0.15, 0.2) is 0 Å². The monoisotopic (exact) mass is 252 g/mol. The molecule has 0 aliphatic carbocycles. The average molecular weight is 252 g/mol. The fraction of sp³-hybridized carbons (Fsp3) is 0. The number of nitrogens with zero attached hydrogens (tertiary/aromatic N) is 2. The van der Waals surface area contributed by atoms with Crippen LogP contribution >= 0.6 is 0 Å². The van der Waals surface area contributed by atoms with E-state index in [9.17, 15) is 24.0 Å². The van der Waals surface area contributed by atoms with Gasteiger partial charge in [0.2, 0.25) is 0 Å². The van der Waals surface area contributed by atoms with Crippen LogP contribution in [0.1, 0.15) is 0 Å². The lowest BCUT2D eigenvalue weighted by molar-refractivity contribution is -0.196. The van der Waals surface area contributed by atoms with E-state index in [0.29, 0.717) is 0 Å². The number of hydroxylamine groups is 4. The van der Waals surface area contributed by atoms with Crippen LogP contribution < -0.4 is 0 Å². The first-order valence-corrected chi connectivity index (χ1v) is 4.51. The van der Waals surface area contributed by atoms with Gasteiger partial charge in [-0.25, -0.2) is 0 Å². The van der Waals surface area contributed by atoms with Gasteiger partial charge in [-0.1, -0.05) is 10.1 Å². The maximum Gasteiger partial charge on any atom is 0.560 e. The minimum atomic E-state index is -1.56. The van der Waals surface area contributed by atoms with E-state index in [1.807, 2.05) is 0 Å². The summed E-state index contributed by atoms with van der Waals surface area (Å²) in [7, 11) is 0. The molecule has 9 nitrogen and oxygen atoms in total. The molecule has 0 unspecified atom stereocenters. The Kier molecular flexibility index (Phi) is 2.64. The second kappa shape index (κ2) is 4.13. The lowest BCUT2D eigenvalue weighted by Crippen LogP contribution is -2.38. The van der Waals surface area contributed by atoms with E-state index in [1.54, 1.807) is 0 Å². The molecule has 2 aliphatic heterocycles. The number of rotatable bonds is 2. The van der Waals surface area contributed by atoms with Crippen LogP contribution in [0, 0.1) is 0 Å². The zero-order valence-electron chi connectivity index (χ0n) is 8.56. The molecule has 0 saturated heterocycles. The summed E-state index contributed by atoms with van der Waals surface area (Å²) in [5.74, 6) is -3.52. The summed E-state index contributed by atoms with van der Waals surface area (Å²) in [5.41, 5.74) is 0. The van der Waals surface area contributed by atoms with Gasteiger partial charge in [-0.2, -0.15) is 4.79 Å². The van der Waals surface area contributed by atoms with Crippen molar-refractivity contribution in [1.29, 1.82) is 0 Å². The van der Waals surface area contributed by atoms with Gasteiger partial charge in [-0.3, -0.25) is 28.9 Å². The van der Waals surface area contributed by atoms with Crippen LogP contribution in [-0.4, -0.2) is 39.9 Å². The van der Waals surface area contributed by atoms with E-state index in [2.05, 4.69) is 9.68 Å². The third-order valence-corrected chi connectivity index (χ3v) is 1.87.